The Hall–Kier alpha value is -3.08. The number of rotatable bonds is 6. The maximum Gasteiger partial charge on any atom is 0.295 e. The van der Waals surface area contributed by atoms with E-state index >= 15 is 0 Å². The van der Waals surface area contributed by atoms with Crippen molar-refractivity contribution >= 4 is 17.4 Å². The molecule has 5 heteroatoms. The van der Waals surface area contributed by atoms with Gasteiger partial charge in [-0.2, -0.15) is 0 Å². The number of amides is 1. The van der Waals surface area contributed by atoms with Gasteiger partial charge in [-0.15, -0.1) is 0 Å². The summed E-state index contributed by atoms with van der Waals surface area (Å²) >= 11 is 0. The highest BCUT2D eigenvalue weighted by molar-refractivity contribution is 6.46. The molecule has 1 fully saturated rings. The highest BCUT2D eigenvalue weighted by Gasteiger charge is 2.46. The number of aryl methyl sites for hydroxylation is 1. The van der Waals surface area contributed by atoms with Crippen LogP contribution in [0, 0.1) is 6.92 Å². The van der Waals surface area contributed by atoms with E-state index in [2.05, 4.69) is 20.8 Å². The quantitative estimate of drug-likeness (QED) is 0.368. The van der Waals surface area contributed by atoms with Gasteiger partial charge >= 0.3 is 0 Å². The van der Waals surface area contributed by atoms with E-state index in [1.165, 1.54) is 0 Å². The molecule has 0 saturated carbocycles. The molecule has 3 rings (SSSR count). The zero-order chi connectivity index (χ0) is 23.6. The number of aliphatic hydroxyl groups is 1. The van der Waals surface area contributed by atoms with Crippen molar-refractivity contribution in [2.24, 2.45) is 0 Å². The van der Waals surface area contributed by atoms with E-state index in [1.54, 1.807) is 24.1 Å². The van der Waals surface area contributed by atoms with Crippen molar-refractivity contribution in [3.05, 3.63) is 70.3 Å². The third kappa shape index (κ3) is 4.29. The molecule has 1 aliphatic rings. The molecule has 1 heterocycles. The van der Waals surface area contributed by atoms with Gasteiger partial charge in [-0.1, -0.05) is 58.4 Å². The van der Waals surface area contributed by atoms with Crippen LogP contribution in [0.3, 0.4) is 0 Å². The van der Waals surface area contributed by atoms with Crippen LogP contribution in [-0.4, -0.2) is 35.4 Å². The third-order valence-electron chi connectivity index (χ3n) is 6.06. The lowest BCUT2D eigenvalue weighted by molar-refractivity contribution is -0.139. The standard InChI is InChI=1S/C27H33NO4/c1-7-8-15-28-23(19-12-10-9-11-17(19)2)22(25(30)26(28)31)24(29)18-13-14-21(32-6)20(16-18)27(3,4)5/h9-14,16,23,29H,7-8,15H2,1-6H3/b24-22+. The van der Waals surface area contributed by atoms with Gasteiger partial charge in [-0.25, -0.2) is 0 Å². The largest absolute Gasteiger partial charge is 0.507 e. The van der Waals surface area contributed by atoms with E-state index in [-0.39, 0.29) is 16.7 Å². The van der Waals surface area contributed by atoms with Crippen LogP contribution in [0.2, 0.25) is 0 Å². The van der Waals surface area contributed by atoms with E-state index in [9.17, 15) is 14.7 Å². The van der Waals surface area contributed by atoms with Crippen molar-refractivity contribution in [2.45, 2.75) is 58.9 Å². The van der Waals surface area contributed by atoms with E-state index in [0.717, 1.165) is 29.5 Å². The SMILES string of the molecule is CCCCN1C(=O)C(=O)/C(=C(/O)c2ccc(OC)c(C(C)(C)C)c2)C1c1ccccc1C. The number of carbonyl (C=O) groups is 2. The average molecular weight is 436 g/mol. The van der Waals surface area contributed by atoms with E-state index in [0.29, 0.717) is 17.9 Å². The Kier molecular flexibility index (Phi) is 6.77. The Bertz CT molecular complexity index is 1060. The summed E-state index contributed by atoms with van der Waals surface area (Å²) in [6.45, 7) is 10.7. The number of Topliss-reactive ketones (excluding diaryl/α,β-unsaturated/α-hetero) is 1. The number of hydrogen-bond donors (Lipinski definition) is 1. The topological polar surface area (TPSA) is 66.8 Å². The van der Waals surface area contributed by atoms with Crippen molar-refractivity contribution < 1.29 is 19.4 Å². The second-order valence-electron chi connectivity index (χ2n) is 9.37. The molecule has 1 aliphatic heterocycles. The maximum absolute atomic E-state index is 13.2. The number of carbonyl (C=O) groups excluding carboxylic acids is 2. The van der Waals surface area contributed by atoms with Gasteiger partial charge in [0.2, 0.25) is 0 Å². The Morgan fingerprint density at radius 1 is 1.12 bits per heavy atom. The molecule has 0 aromatic heterocycles. The highest BCUT2D eigenvalue weighted by atomic mass is 16.5. The molecule has 0 spiro atoms. The van der Waals surface area contributed by atoms with Gasteiger partial charge in [0, 0.05) is 17.7 Å². The minimum absolute atomic E-state index is 0.144. The van der Waals surface area contributed by atoms with Crippen LogP contribution >= 0.6 is 0 Å². The first-order valence-electron chi connectivity index (χ1n) is 11.1. The molecule has 32 heavy (non-hydrogen) atoms. The van der Waals surface area contributed by atoms with E-state index in [1.807, 2.05) is 44.2 Å². The number of ether oxygens (including phenoxy) is 1. The molecule has 1 atom stereocenters. The molecule has 5 nitrogen and oxygen atoms in total. The van der Waals surface area contributed by atoms with Crippen molar-refractivity contribution in [3.63, 3.8) is 0 Å². The summed E-state index contributed by atoms with van der Waals surface area (Å²) in [6, 6.07) is 12.5. The van der Waals surface area contributed by atoms with E-state index in [4.69, 9.17) is 4.74 Å². The smallest absolute Gasteiger partial charge is 0.295 e. The summed E-state index contributed by atoms with van der Waals surface area (Å²) in [7, 11) is 1.61. The number of ketones is 1. The van der Waals surface area contributed by atoms with Crippen molar-refractivity contribution in [2.75, 3.05) is 13.7 Å². The Morgan fingerprint density at radius 2 is 1.81 bits per heavy atom. The molecule has 0 bridgehead atoms. The third-order valence-corrected chi connectivity index (χ3v) is 6.06. The Balaban J connectivity index is 2.23. The fourth-order valence-electron chi connectivity index (χ4n) is 4.25. The summed E-state index contributed by atoms with van der Waals surface area (Å²) in [4.78, 5) is 27.8. The Labute approximate surface area is 190 Å². The molecule has 170 valence electrons. The van der Waals surface area contributed by atoms with Crippen LogP contribution in [0.1, 0.15) is 68.8 Å². The van der Waals surface area contributed by atoms with Crippen LogP contribution in [0.5, 0.6) is 5.75 Å². The minimum Gasteiger partial charge on any atom is -0.507 e. The number of hydrogen-bond acceptors (Lipinski definition) is 4. The summed E-state index contributed by atoms with van der Waals surface area (Å²) in [5.41, 5.74) is 3.15. The predicted molar refractivity (Wildman–Crippen MR) is 127 cm³/mol. The van der Waals surface area contributed by atoms with Crippen molar-refractivity contribution in [1.82, 2.24) is 4.90 Å². The van der Waals surface area contributed by atoms with Gasteiger partial charge in [-0.05, 0) is 48.1 Å². The van der Waals surface area contributed by atoms with Crippen LogP contribution in [0.15, 0.2) is 48.0 Å². The van der Waals surface area contributed by atoms with Gasteiger partial charge in [0.1, 0.15) is 11.5 Å². The molecule has 0 radical (unpaired) electrons. The zero-order valence-corrected chi connectivity index (χ0v) is 19.9. The van der Waals surface area contributed by atoms with Crippen LogP contribution < -0.4 is 4.74 Å². The lowest BCUT2D eigenvalue weighted by Gasteiger charge is -2.27. The normalized spacial score (nSPS) is 18.3. The van der Waals surface area contributed by atoms with Crippen LogP contribution in [0.4, 0.5) is 0 Å². The molecule has 2 aromatic rings. The number of unbranched alkanes of at least 4 members (excludes halogenated alkanes) is 1. The minimum atomic E-state index is -0.639. The number of likely N-dealkylation sites (tertiary alicyclic amines) is 1. The Morgan fingerprint density at radius 3 is 2.41 bits per heavy atom. The summed E-state index contributed by atoms with van der Waals surface area (Å²) in [5, 5.41) is 11.4. The van der Waals surface area contributed by atoms with Gasteiger partial charge < -0.3 is 14.7 Å². The lowest BCUT2D eigenvalue weighted by Crippen LogP contribution is -2.30. The van der Waals surface area contributed by atoms with Gasteiger partial charge in [0.05, 0.1) is 18.7 Å². The fourth-order valence-corrected chi connectivity index (χ4v) is 4.25. The summed E-state index contributed by atoms with van der Waals surface area (Å²) < 4.78 is 5.51. The summed E-state index contributed by atoms with van der Waals surface area (Å²) in [5.74, 6) is -0.630. The first kappa shape index (κ1) is 23.6. The first-order valence-corrected chi connectivity index (χ1v) is 11.1. The maximum atomic E-state index is 13.2. The number of methoxy groups -OCH3 is 1. The van der Waals surface area contributed by atoms with Crippen LogP contribution in [-0.2, 0) is 15.0 Å². The second-order valence-corrected chi connectivity index (χ2v) is 9.37. The number of aliphatic hydroxyl groups excluding tert-OH is 1. The highest BCUT2D eigenvalue weighted by Crippen LogP contribution is 2.42. The average Bonchev–Trinajstić information content (AvgIpc) is 3.01. The van der Waals surface area contributed by atoms with Crippen LogP contribution in [0.25, 0.3) is 5.76 Å². The fraction of sp³-hybridized carbons (Fsp3) is 0.407. The molecule has 1 unspecified atom stereocenters. The van der Waals surface area contributed by atoms with E-state index < -0.39 is 17.7 Å². The zero-order valence-electron chi connectivity index (χ0n) is 19.9. The molecule has 0 aliphatic carbocycles. The summed E-state index contributed by atoms with van der Waals surface area (Å²) in [6.07, 6.45) is 1.68. The lowest BCUT2D eigenvalue weighted by atomic mass is 9.84. The monoisotopic (exact) mass is 435 g/mol. The van der Waals surface area contributed by atoms with Gasteiger partial charge in [-0.3, -0.25) is 9.59 Å². The van der Waals surface area contributed by atoms with Crippen molar-refractivity contribution in [3.8, 4) is 5.75 Å². The molecular formula is C27H33NO4. The molecule has 1 amide bonds. The number of nitrogens with zero attached hydrogens (tertiary/aromatic N) is 1. The van der Waals surface area contributed by atoms with Crippen molar-refractivity contribution in [1.29, 1.82) is 0 Å². The van der Waals surface area contributed by atoms with Gasteiger partial charge in [0.15, 0.2) is 0 Å². The molecule has 1 saturated heterocycles. The molecule has 2 aromatic carbocycles. The first-order chi connectivity index (χ1) is 15.1. The second kappa shape index (κ2) is 9.19. The predicted octanol–water partition coefficient (Wildman–Crippen LogP) is 5.52. The van der Waals surface area contributed by atoms with Gasteiger partial charge in [0.25, 0.3) is 11.7 Å². The molecule has 1 N–H and O–H groups in total. The number of benzene rings is 2. The molecular weight excluding hydrogens is 402 g/mol.